The van der Waals surface area contributed by atoms with E-state index in [1.165, 1.54) is 0 Å². The Morgan fingerprint density at radius 3 is 2.71 bits per heavy atom. The second-order valence-electron chi connectivity index (χ2n) is 4.50. The predicted octanol–water partition coefficient (Wildman–Crippen LogP) is 0.567. The standard InChI is InChI=1S/C10H17BO3/c1-6-4-10(5-12-2)8(13-3)7(6)9(11)14-10/h6-9H,4-5H2,1-3H3. The molecule has 1 saturated carbocycles. The van der Waals surface area contributed by atoms with Crippen LogP contribution in [-0.2, 0) is 14.2 Å². The molecule has 1 heterocycles. The van der Waals surface area contributed by atoms with E-state index in [-0.39, 0.29) is 17.7 Å². The molecule has 5 unspecified atom stereocenters. The molecule has 14 heavy (non-hydrogen) atoms. The molecule has 78 valence electrons. The maximum Gasteiger partial charge on any atom is 0.117 e. The average molecular weight is 196 g/mol. The molecular weight excluding hydrogens is 179 g/mol. The first-order valence-electron chi connectivity index (χ1n) is 5.10. The van der Waals surface area contributed by atoms with E-state index in [2.05, 4.69) is 6.92 Å². The lowest BCUT2D eigenvalue weighted by atomic mass is 9.80. The molecule has 5 atom stereocenters. The van der Waals surface area contributed by atoms with Gasteiger partial charge in [-0.05, 0) is 12.3 Å². The van der Waals surface area contributed by atoms with Crippen molar-refractivity contribution in [3.05, 3.63) is 0 Å². The minimum atomic E-state index is -0.299. The third-order valence-corrected chi connectivity index (χ3v) is 3.59. The zero-order valence-electron chi connectivity index (χ0n) is 9.03. The van der Waals surface area contributed by atoms with Crippen LogP contribution in [0.2, 0.25) is 0 Å². The Morgan fingerprint density at radius 1 is 1.50 bits per heavy atom. The van der Waals surface area contributed by atoms with Crippen molar-refractivity contribution < 1.29 is 14.2 Å². The molecular formula is C10H17BO3. The van der Waals surface area contributed by atoms with Gasteiger partial charge in [0.1, 0.15) is 13.4 Å². The monoisotopic (exact) mass is 196 g/mol. The van der Waals surface area contributed by atoms with Crippen molar-refractivity contribution in [1.29, 1.82) is 0 Å². The fraction of sp³-hybridized carbons (Fsp3) is 1.00. The van der Waals surface area contributed by atoms with Crippen LogP contribution in [0.5, 0.6) is 0 Å². The molecule has 0 amide bonds. The normalized spacial score (nSPS) is 51.4. The van der Waals surface area contributed by atoms with Crippen LogP contribution in [-0.4, -0.2) is 46.4 Å². The van der Waals surface area contributed by atoms with Crippen LogP contribution in [0.15, 0.2) is 0 Å². The molecule has 1 aliphatic heterocycles. The molecule has 0 N–H and O–H groups in total. The molecule has 0 aromatic heterocycles. The van der Waals surface area contributed by atoms with Gasteiger partial charge in [0.25, 0.3) is 0 Å². The number of ether oxygens (including phenoxy) is 3. The second-order valence-corrected chi connectivity index (χ2v) is 4.50. The molecule has 0 aromatic carbocycles. The van der Waals surface area contributed by atoms with Gasteiger partial charge in [0, 0.05) is 26.1 Å². The van der Waals surface area contributed by atoms with Gasteiger partial charge in [-0.15, -0.1) is 0 Å². The highest BCUT2D eigenvalue weighted by molar-refractivity contribution is 6.11. The van der Waals surface area contributed by atoms with Gasteiger partial charge in [0.15, 0.2) is 0 Å². The molecule has 1 saturated heterocycles. The zero-order chi connectivity index (χ0) is 10.3. The van der Waals surface area contributed by atoms with Crippen LogP contribution < -0.4 is 0 Å². The summed E-state index contributed by atoms with van der Waals surface area (Å²) in [5.74, 6) is 0.869. The number of fused-ring (bicyclic) bond motifs is 2. The largest absolute Gasteiger partial charge is 0.382 e. The summed E-state index contributed by atoms with van der Waals surface area (Å²) < 4.78 is 16.5. The Balaban J connectivity index is 2.23. The summed E-state index contributed by atoms with van der Waals surface area (Å²) in [5.41, 5.74) is -0.299. The fourth-order valence-electron chi connectivity index (χ4n) is 3.20. The molecule has 2 aliphatic rings. The Hall–Kier alpha value is -0.0551. The second kappa shape index (κ2) is 3.51. The van der Waals surface area contributed by atoms with E-state index in [1.54, 1.807) is 14.2 Å². The van der Waals surface area contributed by atoms with Gasteiger partial charge in [-0.25, -0.2) is 0 Å². The van der Waals surface area contributed by atoms with Crippen molar-refractivity contribution in [2.24, 2.45) is 11.8 Å². The van der Waals surface area contributed by atoms with Gasteiger partial charge < -0.3 is 14.2 Å². The minimum Gasteiger partial charge on any atom is -0.382 e. The van der Waals surface area contributed by atoms with Gasteiger partial charge in [-0.3, -0.25) is 0 Å². The SMILES string of the molecule is [B]C1OC2(COC)CC(C)C1C2OC. The van der Waals surface area contributed by atoms with Gasteiger partial charge in [0.05, 0.1) is 12.7 Å². The summed E-state index contributed by atoms with van der Waals surface area (Å²) >= 11 is 0. The highest BCUT2D eigenvalue weighted by Crippen LogP contribution is 2.51. The van der Waals surface area contributed by atoms with E-state index in [4.69, 9.17) is 22.1 Å². The zero-order valence-corrected chi connectivity index (χ0v) is 9.03. The Kier molecular flexibility index (Phi) is 2.62. The summed E-state index contributed by atoms with van der Waals surface area (Å²) in [5, 5.41) is 0. The lowest BCUT2D eigenvalue weighted by molar-refractivity contribution is -0.119. The van der Waals surface area contributed by atoms with Crippen LogP contribution in [0.4, 0.5) is 0 Å². The number of methoxy groups -OCH3 is 2. The predicted molar refractivity (Wildman–Crippen MR) is 53.3 cm³/mol. The molecule has 2 bridgehead atoms. The summed E-state index contributed by atoms with van der Waals surface area (Å²) in [6.07, 6.45) is 1.07. The summed E-state index contributed by atoms with van der Waals surface area (Å²) in [6.45, 7) is 2.77. The third kappa shape index (κ3) is 1.24. The Morgan fingerprint density at radius 2 is 2.21 bits per heavy atom. The molecule has 2 rings (SSSR count). The molecule has 0 spiro atoms. The lowest BCUT2D eigenvalue weighted by Gasteiger charge is -2.32. The van der Waals surface area contributed by atoms with E-state index in [9.17, 15) is 0 Å². The van der Waals surface area contributed by atoms with Crippen LogP contribution >= 0.6 is 0 Å². The highest BCUT2D eigenvalue weighted by atomic mass is 16.6. The summed E-state index contributed by atoms with van der Waals surface area (Å²) in [7, 11) is 9.34. The average Bonchev–Trinajstić information content (AvgIpc) is 2.51. The third-order valence-electron chi connectivity index (χ3n) is 3.59. The maximum atomic E-state index is 5.93. The van der Waals surface area contributed by atoms with Gasteiger partial charge in [0.2, 0.25) is 0 Å². The van der Waals surface area contributed by atoms with E-state index in [1.807, 2.05) is 0 Å². The van der Waals surface area contributed by atoms with Gasteiger partial charge in [-0.2, -0.15) is 0 Å². The fourth-order valence-corrected chi connectivity index (χ4v) is 3.20. The first-order valence-corrected chi connectivity index (χ1v) is 5.10. The summed E-state index contributed by atoms with van der Waals surface area (Å²) in [4.78, 5) is 0. The van der Waals surface area contributed by atoms with Crippen molar-refractivity contribution in [3.63, 3.8) is 0 Å². The highest BCUT2D eigenvalue weighted by Gasteiger charge is 2.61. The van der Waals surface area contributed by atoms with E-state index in [0.717, 1.165) is 6.42 Å². The van der Waals surface area contributed by atoms with Crippen molar-refractivity contribution in [1.82, 2.24) is 0 Å². The molecule has 4 heteroatoms. The molecule has 1 aliphatic carbocycles. The number of hydrogen-bond acceptors (Lipinski definition) is 3. The Bertz CT molecular complexity index is 209. The van der Waals surface area contributed by atoms with E-state index in [0.29, 0.717) is 18.4 Å². The van der Waals surface area contributed by atoms with Gasteiger partial charge >= 0.3 is 0 Å². The molecule has 2 radical (unpaired) electrons. The van der Waals surface area contributed by atoms with Crippen molar-refractivity contribution >= 4 is 7.85 Å². The molecule has 0 aromatic rings. The molecule has 2 fully saturated rings. The first kappa shape index (κ1) is 10.5. The van der Waals surface area contributed by atoms with Crippen LogP contribution in [0.3, 0.4) is 0 Å². The smallest absolute Gasteiger partial charge is 0.117 e. The van der Waals surface area contributed by atoms with Crippen molar-refractivity contribution in [2.75, 3.05) is 20.8 Å². The van der Waals surface area contributed by atoms with E-state index < -0.39 is 0 Å². The van der Waals surface area contributed by atoms with Crippen LogP contribution in [0.1, 0.15) is 13.3 Å². The lowest BCUT2D eigenvalue weighted by Crippen LogP contribution is -2.43. The summed E-state index contributed by atoms with van der Waals surface area (Å²) in [6, 6.07) is -0.196. The molecule has 3 nitrogen and oxygen atoms in total. The van der Waals surface area contributed by atoms with E-state index >= 15 is 0 Å². The van der Waals surface area contributed by atoms with Crippen molar-refractivity contribution in [3.8, 4) is 0 Å². The van der Waals surface area contributed by atoms with Gasteiger partial charge in [-0.1, -0.05) is 6.92 Å². The Labute approximate surface area is 86.5 Å². The number of hydrogen-bond donors (Lipinski definition) is 0. The van der Waals surface area contributed by atoms with Crippen LogP contribution in [0, 0.1) is 11.8 Å². The maximum absolute atomic E-state index is 5.93. The topological polar surface area (TPSA) is 27.7 Å². The number of rotatable bonds is 3. The first-order chi connectivity index (χ1) is 6.64. The van der Waals surface area contributed by atoms with Crippen molar-refractivity contribution in [2.45, 2.75) is 31.1 Å². The van der Waals surface area contributed by atoms with Crippen LogP contribution in [0.25, 0.3) is 0 Å². The minimum absolute atomic E-state index is 0.0902. The quantitative estimate of drug-likeness (QED) is 0.617.